The molecule has 1 saturated heterocycles. The topological polar surface area (TPSA) is 44.4 Å². The first-order valence-electron chi connectivity index (χ1n) is 7.45. The number of hydrogen-bond donors (Lipinski definition) is 2. The Bertz CT molecular complexity index is 506. The molecule has 2 N–H and O–H groups in total. The van der Waals surface area contributed by atoms with Crippen molar-refractivity contribution in [1.29, 1.82) is 0 Å². The summed E-state index contributed by atoms with van der Waals surface area (Å²) in [5.41, 5.74) is 3.48. The molecule has 1 unspecified atom stereocenters. The van der Waals surface area contributed by atoms with Crippen LogP contribution in [0.15, 0.2) is 18.2 Å². The monoisotopic (exact) mass is 273 g/mol. The van der Waals surface area contributed by atoms with Crippen molar-refractivity contribution in [3.8, 4) is 0 Å². The van der Waals surface area contributed by atoms with E-state index < -0.39 is 0 Å². The van der Waals surface area contributed by atoms with Crippen LogP contribution < -0.4 is 10.6 Å². The van der Waals surface area contributed by atoms with Gasteiger partial charge >= 0.3 is 0 Å². The summed E-state index contributed by atoms with van der Waals surface area (Å²) in [5, 5.41) is 6.34. The molecule has 3 rings (SSSR count). The third-order valence-electron chi connectivity index (χ3n) is 4.48. The van der Waals surface area contributed by atoms with E-state index in [4.69, 9.17) is 0 Å². The van der Waals surface area contributed by atoms with Crippen molar-refractivity contribution in [2.45, 2.75) is 25.3 Å². The highest BCUT2D eigenvalue weighted by molar-refractivity contribution is 5.99. The zero-order chi connectivity index (χ0) is 14.1. The smallest absolute Gasteiger partial charge is 0.228 e. The lowest BCUT2D eigenvalue weighted by Gasteiger charge is -2.35. The van der Waals surface area contributed by atoms with E-state index in [9.17, 15) is 4.79 Å². The van der Waals surface area contributed by atoms with Gasteiger partial charge in [-0.1, -0.05) is 12.1 Å². The van der Waals surface area contributed by atoms with Gasteiger partial charge in [0.05, 0.1) is 6.42 Å². The van der Waals surface area contributed by atoms with E-state index in [2.05, 4.69) is 47.8 Å². The number of carbonyl (C=O) groups excluding carboxylic acids is 1. The van der Waals surface area contributed by atoms with Crippen LogP contribution in [0.2, 0.25) is 0 Å². The van der Waals surface area contributed by atoms with Gasteiger partial charge in [-0.25, -0.2) is 0 Å². The lowest BCUT2D eigenvalue weighted by Crippen LogP contribution is -2.36. The number of amides is 1. The standard InChI is InChI=1S/C16H23N3O/c1-19(2)16(11-5-7-17-8-6-11)12-3-4-14-13(9-12)10-15(20)18-14/h3-4,9,11,16-17H,5-8,10H2,1-2H3,(H,18,20). The predicted octanol–water partition coefficient (Wildman–Crippen LogP) is 1.78. The van der Waals surface area contributed by atoms with Crippen LogP contribution in [0.25, 0.3) is 0 Å². The van der Waals surface area contributed by atoms with E-state index in [1.165, 1.54) is 18.4 Å². The van der Waals surface area contributed by atoms with E-state index in [1.54, 1.807) is 0 Å². The maximum absolute atomic E-state index is 11.5. The second-order valence-electron chi connectivity index (χ2n) is 6.14. The van der Waals surface area contributed by atoms with Gasteiger partial charge in [-0.05, 0) is 63.1 Å². The molecule has 20 heavy (non-hydrogen) atoms. The average molecular weight is 273 g/mol. The van der Waals surface area contributed by atoms with Crippen molar-refractivity contribution in [2.24, 2.45) is 5.92 Å². The van der Waals surface area contributed by atoms with Crippen LogP contribution in [0, 0.1) is 5.92 Å². The zero-order valence-electron chi connectivity index (χ0n) is 12.3. The number of nitrogens with zero attached hydrogens (tertiary/aromatic N) is 1. The number of piperidine rings is 1. The van der Waals surface area contributed by atoms with Crippen molar-refractivity contribution >= 4 is 11.6 Å². The highest BCUT2D eigenvalue weighted by Crippen LogP contribution is 2.35. The first kappa shape index (κ1) is 13.6. The molecule has 4 nitrogen and oxygen atoms in total. The third kappa shape index (κ3) is 2.58. The first-order valence-corrected chi connectivity index (χ1v) is 7.45. The molecule has 0 bridgehead atoms. The number of anilines is 1. The SMILES string of the molecule is CN(C)C(c1ccc2c(c1)CC(=O)N2)C1CCNCC1. The minimum atomic E-state index is 0.111. The molecule has 1 aromatic carbocycles. The summed E-state index contributed by atoms with van der Waals surface area (Å²) >= 11 is 0. The first-order chi connectivity index (χ1) is 9.65. The molecule has 1 amide bonds. The van der Waals surface area contributed by atoms with Gasteiger partial charge in [-0.2, -0.15) is 0 Å². The van der Waals surface area contributed by atoms with E-state index in [-0.39, 0.29) is 5.91 Å². The summed E-state index contributed by atoms with van der Waals surface area (Å²) in [7, 11) is 4.31. The van der Waals surface area contributed by atoms with Gasteiger partial charge in [0.25, 0.3) is 0 Å². The molecular formula is C16H23N3O. The summed E-state index contributed by atoms with van der Waals surface area (Å²) in [5.74, 6) is 0.801. The fraction of sp³-hybridized carbons (Fsp3) is 0.562. The third-order valence-corrected chi connectivity index (χ3v) is 4.48. The number of fused-ring (bicyclic) bond motifs is 1. The molecular weight excluding hydrogens is 250 g/mol. The molecule has 0 aromatic heterocycles. The minimum Gasteiger partial charge on any atom is -0.326 e. The van der Waals surface area contributed by atoms with Crippen LogP contribution >= 0.6 is 0 Å². The molecule has 2 aliphatic rings. The summed E-state index contributed by atoms with van der Waals surface area (Å²) in [4.78, 5) is 13.8. The van der Waals surface area contributed by atoms with Crippen molar-refractivity contribution in [1.82, 2.24) is 10.2 Å². The number of rotatable bonds is 3. The molecule has 0 spiro atoms. The Morgan fingerprint density at radius 3 is 2.70 bits per heavy atom. The van der Waals surface area contributed by atoms with Crippen LogP contribution in [-0.4, -0.2) is 38.0 Å². The van der Waals surface area contributed by atoms with Gasteiger partial charge in [0.1, 0.15) is 0 Å². The van der Waals surface area contributed by atoms with E-state index in [0.29, 0.717) is 18.4 Å². The van der Waals surface area contributed by atoms with Gasteiger partial charge < -0.3 is 15.5 Å². The lowest BCUT2D eigenvalue weighted by atomic mass is 9.84. The molecule has 1 aromatic rings. The molecule has 2 aliphatic heterocycles. The van der Waals surface area contributed by atoms with Crippen LogP contribution in [-0.2, 0) is 11.2 Å². The van der Waals surface area contributed by atoms with E-state index in [1.807, 2.05) is 0 Å². The molecule has 1 atom stereocenters. The van der Waals surface area contributed by atoms with Crippen LogP contribution in [0.3, 0.4) is 0 Å². The Hall–Kier alpha value is -1.39. The van der Waals surface area contributed by atoms with Crippen molar-refractivity contribution in [3.63, 3.8) is 0 Å². The Labute approximate surface area is 120 Å². The summed E-state index contributed by atoms with van der Waals surface area (Å²) in [6, 6.07) is 6.91. The summed E-state index contributed by atoms with van der Waals surface area (Å²) in [6.45, 7) is 2.22. The maximum Gasteiger partial charge on any atom is 0.228 e. The minimum absolute atomic E-state index is 0.111. The largest absolute Gasteiger partial charge is 0.326 e. The Morgan fingerprint density at radius 1 is 1.25 bits per heavy atom. The van der Waals surface area contributed by atoms with Crippen molar-refractivity contribution in [2.75, 3.05) is 32.5 Å². The van der Waals surface area contributed by atoms with Gasteiger partial charge in [-0.15, -0.1) is 0 Å². The molecule has 4 heteroatoms. The Balaban J connectivity index is 1.88. The van der Waals surface area contributed by atoms with Gasteiger partial charge in [0, 0.05) is 11.7 Å². The number of carbonyl (C=O) groups is 1. The quantitative estimate of drug-likeness (QED) is 0.882. The van der Waals surface area contributed by atoms with E-state index in [0.717, 1.165) is 24.3 Å². The normalized spacial score (nSPS) is 20.9. The molecule has 2 heterocycles. The van der Waals surface area contributed by atoms with Gasteiger partial charge in [-0.3, -0.25) is 4.79 Å². The second kappa shape index (κ2) is 5.54. The summed E-state index contributed by atoms with van der Waals surface area (Å²) in [6.07, 6.45) is 2.96. The van der Waals surface area contributed by atoms with Crippen LogP contribution in [0.5, 0.6) is 0 Å². The predicted molar refractivity (Wildman–Crippen MR) is 80.8 cm³/mol. The Kier molecular flexibility index (Phi) is 3.76. The van der Waals surface area contributed by atoms with Crippen LogP contribution in [0.4, 0.5) is 5.69 Å². The fourth-order valence-corrected chi connectivity index (χ4v) is 3.59. The number of hydrogen-bond acceptors (Lipinski definition) is 3. The van der Waals surface area contributed by atoms with E-state index >= 15 is 0 Å². The number of nitrogens with one attached hydrogen (secondary N) is 2. The van der Waals surface area contributed by atoms with Crippen LogP contribution in [0.1, 0.15) is 30.0 Å². The second-order valence-corrected chi connectivity index (χ2v) is 6.14. The molecule has 1 fully saturated rings. The lowest BCUT2D eigenvalue weighted by molar-refractivity contribution is -0.115. The highest BCUT2D eigenvalue weighted by atomic mass is 16.1. The zero-order valence-corrected chi connectivity index (χ0v) is 12.3. The van der Waals surface area contributed by atoms with Crippen molar-refractivity contribution in [3.05, 3.63) is 29.3 Å². The maximum atomic E-state index is 11.5. The van der Waals surface area contributed by atoms with Gasteiger partial charge in [0.15, 0.2) is 0 Å². The molecule has 0 aliphatic carbocycles. The van der Waals surface area contributed by atoms with Gasteiger partial charge in [0.2, 0.25) is 5.91 Å². The summed E-state index contributed by atoms with van der Waals surface area (Å²) < 4.78 is 0. The fourth-order valence-electron chi connectivity index (χ4n) is 3.59. The van der Waals surface area contributed by atoms with Crippen molar-refractivity contribution < 1.29 is 4.79 Å². The average Bonchev–Trinajstić information content (AvgIpc) is 2.79. The molecule has 108 valence electrons. The molecule has 0 saturated carbocycles. The highest BCUT2D eigenvalue weighted by Gasteiger charge is 2.28. The number of benzene rings is 1. The molecule has 0 radical (unpaired) electrons. The Morgan fingerprint density at radius 2 is 2.00 bits per heavy atom.